The molecule has 3 aromatic rings. The number of nitrogens with one attached hydrogen (secondary N) is 2. The maximum atomic E-state index is 13.5. The Bertz CT molecular complexity index is 1450. The number of nitrogens with two attached hydrogens (primary N) is 1. The van der Waals surface area contributed by atoms with Crippen LogP contribution in [0.25, 0.3) is 10.8 Å². The van der Waals surface area contributed by atoms with Gasteiger partial charge in [0.05, 0.1) is 10.4 Å². The van der Waals surface area contributed by atoms with E-state index in [0.717, 1.165) is 5.56 Å². The summed E-state index contributed by atoms with van der Waals surface area (Å²) in [6, 6.07) is 17.2. The number of amides is 2. The highest BCUT2D eigenvalue weighted by Gasteiger charge is 2.36. The molecule has 3 aromatic carbocycles. The van der Waals surface area contributed by atoms with Gasteiger partial charge in [-0.15, -0.1) is 0 Å². The number of aryl methyl sites for hydroxylation is 1. The molecule has 1 fully saturated rings. The van der Waals surface area contributed by atoms with Crippen LogP contribution in [0.5, 0.6) is 0 Å². The van der Waals surface area contributed by atoms with E-state index in [0.29, 0.717) is 41.5 Å². The van der Waals surface area contributed by atoms with Gasteiger partial charge in [0.15, 0.2) is 0 Å². The highest BCUT2D eigenvalue weighted by atomic mass is 32.2. The van der Waals surface area contributed by atoms with Crippen molar-refractivity contribution in [1.29, 1.82) is 0 Å². The summed E-state index contributed by atoms with van der Waals surface area (Å²) >= 11 is 0. The third-order valence-corrected chi connectivity index (χ3v) is 8.41. The fraction of sp³-hybridized carbons (Fsp3) is 0.357. The van der Waals surface area contributed by atoms with Gasteiger partial charge in [-0.2, -0.15) is 0 Å². The molecule has 0 bridgehead atoms. The smallest absolute Gasteiger partial charge is 0.255 e. The van der Waals surface area contributed by atoms with Crippen LogP contribution in [-0.2, 0) is 14.8 Å². The van der Waals surface area contributed by atoms with Gasteiger partial charge in [-0.25, -0.2) is 13.1 Å². The minimum Gasteiger partial charge on any atom is -0.341 e. The number of fused-ring (bicyclic) bond motifs is 1. The summed E-state index contributed by atoms with van der Waals surface area (Å²) in [6.07, 6.45) is 0.491. The average molecular weight is 523 g/mol. The fourth-order valence-electron chi connectivity index (χ4n) is 4.81. The highest BCUT2D eigenvalue weighted by molar-refractivity contribution is 7.89. The summed E-state index contributed by atoms with van der Waals surface area (Å²) in [5, 5.41) is 4.08. The van der Waals surface area contributed by atoms with Crippen LogP contribution in [0.3, 0.4) is 0 Å². The predicted molar refractivity (Wildman–Crippen MR) is 146 cm³/mol. The largest absolute Gasteiger partial charge is 0.341 e. The van der Waals surface area contributed by atoms with E-state index >= 15 is 0 Å². The molecule has 37 heavy (non-hydrogen) atoms. The Morgan fingerprint density at radius 1 is 1.00 bits per heavy atom. The van der Waals surface area contributed by atoms with Crippen molar-refractivity contribution in [1.82, 2.24) is 9.62 Å². The van der Waals surface area contributed by atoms with E-state index in [1.165, 1.54) is 6.07 Å². The van der Waals surface area contributed by atoms with Gasteiger partial charge in [0, 0.05) is 41.2 Å². The molecule has 196 valence electrons. The molecule has 1 heterocycles. The molecule has 4 rings (SSSR count). The molecule has 0 spiro atoms. The lowest BCUT2D eigenvalue weighted by atomic mass is 9.93. The molecule has 8 nitrogen and oxygen atoms in total. The zero-order valence-corrected chi connectivity index (χ0v) is 22.4. The van der Waals surface area contributed by atoms with Crippen LogP contribution in [-0.4, -0.2) is 49.8 Å². The first-order chi connectivity index (χ1) is 17.4. The summed E-state index contributed by atoms with van der Waals surface area (Å²) in [7, 11) is -3.88. The van der Waals surface area contributed by atoms with Gasteiger partial charge in [-0.1, -0.05) is 49.4 Å². The fourth-order valence-corrected chi connectivity index (χ4v) is 6.40. The highest BCUT2D eigenvalue weighted by Crippen LogP contribution is 2.31. The summed E-state index contributed by atoms with van der Waals surface area (Å²) in [6.45, 7) is 8.00. The zero-order chi connectivity index (χ0) is 27.0. The maximum absolute atomic E-state index is 13.5. The number of benzene rings is 3. The third kappa shape index (κ3) is 5.69. The molecule has 0 saturated carbocycles. The Morgan fingerprint density at radius 3 is 2.30 bits per heavy atom. The lowest BCUT2D eigenvalue weighted by Crippen LogP contribution is -2.57. The molecule has 4 N–H and O–H groups in total. The van der Waals surface area contributed by atoms with E-state index < -0.39 is 15.6 Å². The molecule has 1 aliphatic rings. The van der Waals surface area contributed by atoms with E-state index in [2.05, 4.69) is 10.0 Å². The second-order valence-electron chi connectivity index (χ2n) is 10.4. The number of hydrogen-bond acceptors (Lipinski definition) is 5. The van der Waals surface area contributed by atoms with Crippen molar-refractivity contribution in [3.05, 3.63) is 71.8 Å². The summed E-state index contributed by atoms with van der Waals surface area (Å²) < 4.78 is 29.9. The topological polar surface area (TPSA) is 122 Å². The Kier molecular flexibility index (Phi) is 7.41. The van der Waals surface area contributed by atoms with Gasteiger partial charge in [0.25, 0.3) is 5.91 Å². The monoisotopic (exact) mass is 522 g/mol. The Hall–Kier alpha value is -3.27. The molecule has 2 amide bonds. The van der Waals surface area contributed by atoms with Crippen molar-refractivity contribution >= 4 is 38.3 Å². The van der Waals surface area contributed by atoms with Crippen LogP contribution in [0.15, 0.2) is 65.6 Å². The van der Waals surface area contributed by atoms with Crippen molar-refractivity contribution in [2.24, 2.45) is 11.7 Å². The molecule has 1 saturated heterocycles. The molecular formula is C28H34N4O4S. The van der Waals surface area contributed by atoms with E-state index in [-0.39, 0.29) is 28.7 Å². The number of nitrogens with zero attached hydrogens (tertiary/aromatic N) is 1. The number of sulfonamides is 1. The van der Waals surface area contributed by atoms with E-state index in [1.807, 2.05) is 32.0 Å². The third-order valence-electron chi connectivity index (χ3n) is 6.86. The Morgan fingerprint density at radius 2 is 1.65 bits per heavy atom. The molecule has 0 aliphatic carbocycles. The minimum atomic E-state index is -3.88. The van der Waals surface area contributed by atoms with E-state index in [1.54, 1.807) is 55.1 Å². The van der Waals surface area contributed by atoms with Crippen molar-refractivity contribution in [2.75, 3.05) is 18.4 Å². The van der Waals surface area contributed by atoms with Crippen molar-refractivity contribution in [2.45, 2.75) is 50.6 Å². The molecule has 1 aliphatic heterocycles. The number of carbonyl (C=O) groups excluding carboxylic acids is 2. The second-order valence-corrected chi connectivity index (χ2v) is 12.1. The molecule has 2 atom stereocenters. The number of rotatable bonds is 6. The van der Waals surface area contributed by atoms with Crippen LogP contribution < -0.4 is 15.8 Å². The van der Waals surface area contributed by atoms with Crippen LogP contribution >= 0.6 is 0 Å². The van der Waals surface area contributed by atoms with Crippen molar-refractivity contribution < 1.29 is 18.0 Å². The number of carbonyl (C=O) groups is 2. The SMILES string of the molecule is Cc1ccccc1C(=O)Nc1ccc(S(=O)(=O)N[C@H]2CCN(C(=O)C(C)(C)N)C[C@H]2C)c2ccccc12. The average Bonchev–Trinajstić information content (AvgIpc) is 2.84. The van der Waals surface area contributed by atoms with Crippen LogP contribution in [0.4, 0.5) is 5.69 Å². The lowest BCUT2D eigenvalue weighted by molar-refractivity contribution is -0.137. The second kappa shape index (κ2) is 10.2. The van der Waals surface area contributed by atoms with Gasteiger partial charge in [0.2, 0.25) is 15.9 Å². The van der Waals surface area contributed by atoms with Gasteiger partial charge in [0.1, 0.15) is 0 Å². The first kappa shape index (κ1) is 26.8. The van der Waals surface area contributed by atoms with Crippen LogP contribution in [0.1, 0.15) is 43.1 Å². The first-order valence-electron chi connectivity index (χ1n) is 12.4. The summed E-state index contributed by atoms with van der Waals surface area (Å²) in [4.78, 5) is 27.3. The van der Waals surface area contributed by atoms with Gasteiger partial charge in [-0.05, 0) is 56.9 Å². The Balaban J connectivity index is 1.57. The maximum Gasteiger partial charge on any atom is 0.255 e. The van der Waals surface area contributed by atoms with Crippen molar-refractivity contribution in [3.8, 4) is 0 Å². The quantitative estimate of drug-likeness (QED) is 0.456. The van der Waals surface area contributed by atoms with E-state index in [4.69, 9.17) is 5.73 Å². The Labute approximate surface area is 218 Å². The zero-order valence-electron chi connectivity index (χ0n) is 21.6. The molecule has 0 radical (unpaired) electrons. The van der Waals surface area contributed by atoms with Gasteiger partial charge < -0.3 is 16.0 Å². The summed E-state index contributed by atoms with van der Waals surface area (Å²) in [5.41, 5.74) is 6.95. The van der Waals surface area contributed by atoms with Gasteiger partial charge in [-0.3, -0.25) is 9.59 Å². The van der Waals surface area contributed by atoms with Gasteiger partial charge >= 0.3 is 0 Å². The molecule has 9 heteroatoms. The molecular weight excluding hydrogens is 488 g/mol. The normalized spacial score (nSPS) is 18.6. The first-order valence-corrected chi connectivity index (χ1v) is 13.9. The van der Waals surface area contributed by atoms with Crippen LogP contribution in [0, 0.1) is 12.8 Å². The number of hydrogen-bond donors (Lipinski definition) is 3. The summed E-state index contributed by atoms with van der Waals surface area (Å²) in [5.74, 6) is -0.489. The number of anilines is 1. The molecule has 0 unspecified atom stereocenters. The number of likely N-dealkylation sites (tertiary alicyclic amines) is 1. The van der Waals surface area contributed by atoms with Crippen LogP contribution in [0.2, 0.25) is 0 Å². The van der Waals surface area contributed by atoms with Crippen molar-refractivity contribution in [3.63, 3.8) is 0 Å². The van der Waals surface area contributed by atoms with E-state index in [9.17, 15) is 18.0 Å². The minimum absolute atomic E-state index is 0.0891. The molecule has 0 aromatic heterocycles. The number of piperidine rings is 1. The lowest BCUT2D eigenvalue weighted by Gasteiger charge is -2.39. The predicted octanol–water partition coefficient (Wildman–Crippen LogP) is 3.65. The standard InChI is InChI=1S/C28H34N4O4S/c1-18-9-5-6-10-20(18)26(33)30-24-13-14-25(22-12-8-7-11-21(22)24)37(35,36)31-23-15-16-32(17-19(23)2)27(34)28(3,4)29/h5-14,19,23,31H,15-17,29H2,1-4H3,(H,30,33)/t19-,23+/m1/s1.